The minimum Gasteiger partial charge on any atom is -0.490 e. The maximum absolute atomic E-state index is 12.1. The summed E-state index contributed by atoms with van der Waals surface area (Å²) in [6, 6.07) is 11.9. The maximum atomic E-state index is 12.1. The van der Waals surface area contributed by atoms with Crippen LogP contribution in [-0.2, 0) is 4.79 Å². The largest absolute Gasteiger partial charge is 0.490 e. The lowest BCUT2D eigenvalue weighted by Crippen LogP contribution is -2.87. The summed E-state index contributed by atoms with van der Waals surface area (Å²) in [5, 5.41) is 7.43. The number of amides is 3. The van der Waals surface area contributed by atoms with E-state index in [4.69, 9.17) is 21.1 Å². The van der Waals surface area contributed by atoms with Gasteiger partial charge in [-0.3, -0.25) is 10.1 Å². The first kappa shape index (κ1) is 22.5. The van der Waals surface area contributed by atoms with Crippen LogP contribution < -0.4 is 25.4 Å². The van der Waals surface area contributed by atoms with Gasteiger partial charge < -0.3 is 20.1 Å². The Morgan fingerprint density at radius 3 is 2.48 bits per heavy atom. The van der Waals surface area contributed by atoms with Crippen molar-refractivity contribution >= 4 is 29.2 Å². The predicted octanol–water partition coefficient (Wildman–Crippen LogP) is 3.11. The first-order chi connectivity index (χ1) is 13.9. The number of urea groups is 1. The molecule has 3 amide bonds. The molecule has 7 nitrogen and oxygen atoms in total. The lowest BCUT2D eigenvalue weighted by molar-refractivity contribution is -0.682. The van der Waals surface area contributed by atoms with E-state index in [9.17, 15) is 9.59 Å². The molecule has 0 aromatic heterocycles. The monoisotopic (exact) mass is 420 g/mol. The lowest BCUT2D eigenvalue weighted by Gasteiger charge is -2.13. The van der Waals surface area contributed by atoms with Gasteiger partial charge in [0.25, 0.3) is 5.91 Å². The Kier molecular flexibility index (Phi) is 8.76. The standard InChI is InChI=1S/C21H26ClN3O4/c1-4-28-18-10-9-17(12-19(18)29-5-2)24-21(27)25-20(26)13-23-14(3)15-7-6-8-16(22)11-15/h6-12,14,23H,4-5,13H2,1-3H3,(H2,24,25,26,27)/p+1/t14-/m0/s1. The quantitative estimate of drug-likeness (QED) is 0.581. The van der Waals surface area contributed by atoms with Crippen LogP contribution in [0.4, 0.5) is 10.5 Å². The number of carbonyl (C=O) groups excluding carboxylic acids is 2. The van der Waals surface area contributed by atoms with Crippen molar-refractivity contribution in [3.8, 4) is 11.5 Å². The molecular formula is C21H27ClN3O4+. The van der Waals surface area contributed by atoms with Crippen LogP contribution in [0.3, 0.4) is 0 Å². The third-order valence-electron chi connectivity index (χ3n) is 4.09. The molecule has 1 atom stereocenters. The Labute approximate surface area is 175 Å². The normalized spacial score (nSPS) is 11.4. The summed E-state index contributed by atoms with van der Waals surface area (Å²) in [7, 11) is 0. The molecule has 156 valence electrons. The highest BCUT2D eigenvalue weighted by Crippen LogP contribution is 2.30. The van der Waals surface area contributed by atoms with Gasteiger partial charge in [0.2, 0.25) is 0 Å². The van der Waals surface area contributed by atoms with Gasteiger partial charge in [0.15, 0.2) is 18.0 Å². The number of quaternary nitrogens is 1. The van der Waals surface area contributed by atoms with Crippen molar-refractivity contribution in [1.29, 1.82) is 0 Å². The molecule has 0 aliphatic rings. The summed E-state index contributed by atoms with van der Waals surface area (Å²) in [6.07, 6.45) is 0. The molecule has 2 rings (SSSR count). The van der Waals surface area contributed by atoms with Crippen LogP contribution in [0.1, 0.15) is 32.4 Å². The van der Waals surface area contributed by atoms with E-state index in [0.717, 1.165) is 5.56 Å². The fourth-order valence-corrected chi connectivity index (χ4v) is 2.88. The van der Waals surface area contributed by atoms with Crippen molar-refractivity contribution in [2.45, 2.75) is 26.8 Å². The molecule has 8 heteroatoms. The highest BCUT2D eigenvalue weighted by molar-refractivity contribution is 6.30. The molecular weight excluding hydrogens is 394 g/mol. The number of hydrogen-bond donors (Lipinski definition) is 3. The molecule has 0 unspecified atom stereocenters. The molecule has 0 saturated carbocycles. The second-order valence-electron chi connectivity index (χ2n) is 6.31. The van der Waals surface area contributed by atoms with Gasteiger partial charge in [-0.25, -0.2) is 4.79 Å². The fourth-order valence-electron chi connectivity index (χ4n) is 2.68. The number of hydrogen-bond acceptors (Lipinski definition) is 4. The molecule has 0 aliphatic carbocycles. The van der Waals surface area contributed by atoms with Gasteiger partial charge in [-0.15, -0.1) is 0 Å². The Hall–Kier alpha value is -2.77. The summed E-state index contributed by atoms with van der Waals surface area (Å²) in [6.45, 7) is 6.79. The minimum absolute atomic E-state index is 0.0300. The molecule has 0 fully saturated rings. The van der Waals surface area contributed by atoms with Crippen LogP contribution >= 0.6 is 11.6 Å². The van der Waals surface area contributed by atoms with E-state index in [1.807, 2.05) is 44.3 Å². The summed E-state index contributed by atoms with van der Waals surface area (Å²) < 4.78 is 11.0. The smallest absolute Gasteiger partial charge is 0.326 e. The maximum Gasteiger partial charge on any atom is 0.326 e. The first-order valence-corrected chi connectivity index (χ1v) is 9.90. The van der Waals surface area contributed by atoms with Gasteiger partial charge in [-0.2, -0.15) is 0 Å². The topological polar surface area (TPSA) is 93.3 Å². The van der Waals surface area contributed by atoms with Crippen LogP contribution in [0.15, 0.2) is 42.5 Å². The molecule has 4 N–H and O–H groups in total. The van der Waals surface area contributed by atoms with Crippen molar-refractivity contribution in [2.24, 2.45) is 0 Å². The van der Waals surface area contributed by atoms with Crippen LogP contribution in [-0.4, -0.2) is 31.7 Å². The number of nitrogens with one attached hydrogen (secondary N) is 2. The highest BCUT2D eigenvalue weighted by Gasteiger charge is 2.15. The van der Waals surface area contributed by atoms with Gasteiger partial charge in [0, 0.05) is 22.3 Å². The Balaban J connectivity index is 1.86. The van der Waals surface area contributed by atoms with Crippen LogP contribution in [0.25, 0.3) is 0 Å². The summed E-state index contributed by atoms with van der Waals surface area (Å²) >= 11 is 5.99. The number of anilines is 1. The van der Waals surface area contributed by atoms with Gasteiger partial charge in [-0.05, 0) is 45.0 Å². The third kappa shape index (κ3) is 7.29. The van der Waals surface area contributed by atoms with Crippen LogP contribution in [0, 0.1) is 0 Å². The Bertz CT molecular complexity index is 844. The summed E-state index contributed by atoms with van der Waals surface area (Å²) in [5.74, 6) is 0.732. The Morgan fingerprint density at radius 2 is 1.79 bits per heavy atom. The molecule has 0 heterocycles. The van der Waals surface area contributed by atoms with E-state index in [2.05, 4.69) is 10.6 Å². The summed E-state index contributed by atoms with van der Waals surface area (Å²) in [5.41, 5.74) is 1.51. The number of nitrogens with two attached hydrogens (primary N) is 1. The van der Waals surface area contributed by atoms with E-state index < -0.39 is 11.9 Å². The van der Waals surface area contributed by atoms with E-state index in [-0.39, 0.29) is 12.6 Å². The number of carbonyl (C=O) groups is 2. The zero-order valence-corrected chi connectivity index (χ0v) is 17.6. The van der Waals surface area contributed by atoms with E-state index in [1.165, 1.54) is 0 Å². The molecule has 2 aromatic carbocycles. The second-order valence-corrected chi connectivity index (χ2v) is 6.75. The van der Waals surface area contributed by atoms with Crippen molar-refractivity contribution in [1.82, 2.24) is 5.32 Å². The fraction of sp³-hybridized carbons (Fsp3) is 0.333. The van der Waals surface area contributed by atoms with Crippen LogP contribution in [0.5, 0.6) is 11.5 Å². The average molecular weight is 421 g/mol. The molecule has 0 bridgehead atoms. The average Bonchev–Trinajstić information content (AvgIpc) is 2.68. The molecule has 0 aliphatic heterocycles. The van der Waals surface area contributed by atoms with Crippen molar-refractivity contribution in [3.05, 3.63) is 53.1 Å². The molecule has 0 spiro atoms. The zero-order valence-electron chi connectivity index (χ0n) is 16.8. The SMILES string of the molecule is CCOc1ccc(NC(=O)NC(=O)C[NH2+][C@@H](C)c2cccc(Cl)c2)cc1OCC. The van der Waals surface area contributed by atoms with E-state index in [1.54, 1.807) is 24.3 Å². The molecule has 0 saturated heterocycles. The lowest BCUT2D eigenvalue weighted by atomic mass is 10.1. The predicted molar refractivity (Wildman–Crippen MR) is 113 cm³/mol. The van der Waals surface area contributed by atoms with Gasteiger partial charge in [-0.1, -0.05) is 23.7 Å². The number of ether oxygens (including phenoxy) is 2. The molecule has 29 heavy (non-hydrogen) atoms. The number of halogens is 1. The molecule has 0 radical (unpaired) electrons. The van der Waals surface area contributed by atoms with Crippen molar-refractivity contribution < 1.29 is 24.4 Å². The van der Waals surface area contributed by atoms with Crippen molar-refractivity contribution in [3.63, 3.8) is 0 Å². The number of benzene rings is 2. The zero-order chi connectivity index (χ0) is 21.2. The Morgan fingerprint density at radius 1 is 1.07 bits per heavy atom. The van der Waals surface area contributed by atoms with Gasteiger partial charge >= 0.3 is 6.03 Å². The van der Waals surface area contributed by atoms with Gasteiger partial charge in [0.05, 0.1) is 13.2 Å². The summed E-state index contributed by atoms with van der Waals surface area (Å²) in [4.78, 5) is 24.2. The van der Waals surface area contributed by atoms with Crippen molar-refractivity contribution in [2.75, 3.05) is 25.1 Å². The second kappa shape index (κ2) is 11.3. The van der Waals surface area contributed by atoms with Crippen LogP contribution in [0.2, 0.25) is 5.02 Å². The minimum atomic E-state index is -0.606. The van der Waals surface area contributed by atoms with Gasteiger partial charge in [0.1, 0.15) is 6.04 Å². The highest BCUT2D eigenvalue weighted by atomic mass is 35.5. The third-order valence-corrected chi connectivity index (χ3v) is 4.32. The van der Waals surface area contributed by atoms with E-state index >= 15 is 0 Å². The number of rotatable bonds is 9. The van der Waals surface area contributed by atoms with E-state index in [0.29, 0.717) is 35.4 Å². The number of imide groups is 1. The first-order valence-electron chi connectivity index (χ1n) is 9.52. The molecule has 2 aromatic rings.